The Labute approximate surface area is 176 Å². The van der Waals surface area contributed by atoms with E-state index in [1.807, 2.05) is 42.4 Å². The summed E-state index contributed by atoms with van der Waals surface area (Å²) in [6, 6.07) is 0. The van der Waals surface area contributed by atoms with Crippen LogP contribution in [0, 0.1) is 16.2 Å². The Balaban J connectivity index is 4.17. The van der Waals surface area contributed by atoms with Gasteiger partial charge in [-0.25, -0.2) is 0 Å². The zero-order valence-electron chi connectivity index (χ0n) is 19.4. The molecule has 0 unspecified atom stereocenters. The van der Waals surface area contributed by atoms with Crippen LogP contribution in [0.25, 0.3) is 0 Å². The largest absolute Gasteiger partial charge is 0.374 e. The van der Waals surface area contributed by atoms with Crippen molar-refractivity contribution in [3.05, 3.63) is 0 Å². The van der Waals surface area contributed by atoms with E-state index in [1.54, 1.807) is 0 Å². The minimum atomic E-state index is -0.287. The molecule has 0 aliphatic carbocycles. The molecule has 0 saturated heterocycles. The number of rotatable bonds is 12. The normalized spacial score (nSPS) is 13.7. The third kappa shape index (κ3) is 13.0. The van der Waals surface area contributed by atoms with Crippen LogP contribution in [-0.4, -0.2) is 34.2 Å². The van der Waals surface area contributed by atoms with Crippen molar-refractivity contribution < 1.29 is 9.53 Å². The lowest BCUT2D eigenvalue weighted by Crippen LogP contribution is -2.33. The standard InChI is InChI=1S/C22H43NO2S2/c1-19(2,3)17(23)12-11-15-26-27-22(9,10)16-25-21(7,8)14-13-18(24)20(4,5)6/h23H,11-16H2,1-10H3. The molecule has 0 rings (SSSR count). The number of hydrogen-bond donors (Lipinski definition) is 1. The molecule has 0 radical (unpaired) electrons. The first-order valence-electron chi connectivity index (χ1n) is 10.0. The minimum Gasteiger partial charge on any atom is -0.374 e. The van der Waals surface area contributed by atoms with Crippen molar-refractivity contribution in [2.24, 2.45) is 10.8 Å². The van der Waals surface area contributed by atoms with Gasteiger partial charge >= 0.3 is 0 Å². The van der Waals surface area contributed by atoms with Crippen LogP contribution in [-0.2, 0) is 9.53 Å². The van der Waals surface area contributed by atoms with Crippen molar-refractivity contribution in [2.45, 2.75) is 105 Å². The Morgan fingerprint density at radius 1 is 0.889 bits per heavy atom. The van der Waals surface area contributed by atoms with Crippen LogP contribution in [0.2, 0.25) is 0 Å². The minimum absolute atomic E-state index is 0.00905. The number of ketones is 1. The third-order valence-electron chi connectivity index (χ3n) is 4.45. The first kappa shape index (κ1) is 27.0. The van der Waals surface area contributed by atoms with Gasteiger partial charge in [0.05, 0.1) is 12.2 Å². The van der Waals surface area contributed by atoms with Gasteiger partial charge in [-0.05, 0) is 52.4 Å². The number of Topliss-reactive ketones (excluding diaryl/α,β-unsaturated/α-hetero) is 1. The summed E-state index contributed by atoms with van der Waals surface area (Å²) < 4.78 is 6.20. The molecule has 0 bridgehead atoms. The van der Waals surface area contributed by atoms with E-state index in [9.17, 15) is 4.79 Å². The smallest absolute Gasteiger partial charge is 0.138 e. The molecule has 0 amide bonds. The summed E-state index contributed by atoms with van der Waals surface area (Å²) in [5, 5.41) is 8.08. The van der Waals surface area contributed by atoms with E-state index in [0.29, 0.717) is 18.8 Å². The van der Waals surface area contributed by atoms with Gasteiger partial charge < -0.3 is 10.1 Å². The quantitative estimate of drug-likeness (QED) is 0.207. The van der Waals surface area contributed by atoms with Crippen LogP contribution in [0.5, 0.6) is 0 Å². The van der Waals surface area contributed by atoms with E-state index in [2.05, 4.69) is 48.5 Å². The van der Waals surface area contributed by atoms with Crippen molar-refractivity contribution in [3.8, 4) is 0 Å². The lowest BCUT2D eigenvalue weighted by atomic mass is 9.86. The topological polar surface area (TPSA) is 50.2 Å². The highest BCUT2D eigenvalue weighted by atomic mass is 33.1. The summed E-state index contributed by atoms with van der Waals surface area (Å²) in [6.07, 6.45) is 3.25. The second-order valence-corrected chi connectivity index (χ2v) is 13.8. The first-order chi connectivity index (χ1) is 12.0. The lowest BCUT2D eigenvalue weighted by molar-refractivity contribution is -0.128. The number of ether oxygens (including phenoxy) is 1. The molecule has 0 aromatic carbocycles. The summed E-state index contributed by atoms with van der Waals surface area (Å²) >= 11 is 0. The fraction of sp³-hybridized carbons (Fsp3) is 0.909. The summed E-state index contributed by atoms with van der Waals surface area (Å²) in [5.41, 5.74) is 0.267. The number of carbonyl (C=O) groups excluding carboxylic acids is 1. The van der Waals surface area contributed by atoms with Crippen molar-refractivity contribution in [1.82, 2.24) is 0 Å². The molecule has 0 heterocycles. The molecule has 5 heteroatoms. The zero-order chi connectivity index (χ0) is 21.5. The SMILES string of the molecule is CC(C)(CCC(=O)C(C)(C)C)OCC(C)(C)SSCCCC(=N)C(C)(C)C. The van der Waals surface area contributed by atoms with Gasteiger partial charge in [-0.1, -0.05) is 63.1 Å². The maximum absolute atomic E-state index is 12.1. The fourth-order valence-electron chi connectivity index (χ4n) is 2.14. The molecular formula is C22H43NO2S2. The lowest BCUT2D eigenvalue weighted by Gasteiger charge is -2.32. The molecule has 0 spiro atoms. The molecule has 0 fully saturated rings. The summed E-state index contributed by atoms with van der Waals surface area (Å²) in [7, 11) is 3.73. The highest BCUT2D eigenvalue weighted by molar-refractivity contribution is 8.77. The molecule has 27 heavy (non-hydrogen) atoms. The van der Waals surface area contributed by atoms with Crippen molar-refractivity contribution in [1.29, 1.82) is 5.41 Å². The van der Waals surface area contributed by atoms with Gasteiger partial charge in [0.15, 0.2) is 0 Å². The average Bonchev–Trinajstić information content (AvgIpc) is 2.48. The molecule has 0 aromatic rings. The van der Waals surface area contributed by atoms with Gasteiger partial charge in [0.2, 0.25) is 0 Å². The molecule has 1 N–H and O–H groups in total. The molecule has 0 atom stereocenters. The van der Waals surface area contributed by atoms with Crippen LogP contribution in [0.3, 0.4) is 0 Å². The van der Waals surface area contributed by atoms with Crippen molar-refractivity contribution in [3.63, 3.8) is 0 Å². The van der Waals surface area contributed by atoms with Crippen molar-refractivity contribution >= 4 is 33.1 Å². The van der Waals surface area contributed by atoms with E-state index in [0.717, 1.165) is 30.7 Å². The van der Waals surface area contributed by atoms with Crippen LogP contribution in [0.15, 0.2) is 0 Å². The predicted molar refractivity (Wildman–Crippen MR) is 124 cm³/mol. The highest BCUT2D eigenvalue weighted by Gasteiger charge is 2.28. The third-order valence-corrected chi connectivity index (χ3v) is 7.79. The van der Waals surface area contributed by atoms with Gasteiger partial charge in [-0.15, -0.1) is 0 Å². The van der Waals surface area contributed by atoms with E-state index in [-0.39, 0.29) is 21.2 Å². The Morgan fingerprint density at radius 3 is 1.93 bits per heavy atom. The molecule has 0 aliphatic heterocycles. The number of hydrogen-bond acceptors (Lipinski definition) is 5. The van der Waals surface area contributed by atoms with E-state index < -0.39 is 0 Å². The summed E-state index contributed by atoms with van der Waals surface area (Å²) in [5.74, 6) is 1.35. The Kier molecular flexibility index (Phi) is 10.7. The molecule has 0 aromatic heterocycles. The molecule has 0 saturated carbocycles. The van der Waals surface area contributed by atoms with Crippen LogP contribution < -0.4 is 0 Å². The van der Waals surface area contributed by atoms with Gasteiger partial charge in [-0.2, -0.15) is 0 Å². The number of carbonyl (C=O) groups is 1. The predicted octanol–water partition coefficient (Wildman–Crippen LogP) is 7.18. The molecule has 0 aliphatic rings. The van der Waals surface area contributed by atoms with Crippen molar-refractivity contribution in [2.75, 3.05) is 12.4 Å². The number of nitrogens with one attached hydrogen (secondary N) is 1. The molecular weight excluding hydrogens is 374 g/mol. The van der Waals surface area contributed by atoms with Gasteiger partial charge in [0.1, 0.15) is 5.78 Å². The maximum atomic E-state index is 12.1. The molecule has 3 nitrogen and oxygen atoms in total. The van der Waals surface area contributed by atoms with Gasteiger partial charge in [0, 0.05) is 28.0 Å². The van der Waals surface area contributed by atoms with Crippen LogP contribution in [0.1, 0.15) is 94.9 Å². The van der Waals surface area contributed by atoms with Crippen LogP contribution >= 0.6 is 21.6 Å². The zero-order valence-corrected chi connectivity index (χ0v) is 21.0. The van der Waals surface area contributed by atoms with E-state index in [4.69, 9.17) is 10.1 Å². The highest BCUT2D eigenvalue weighted by Crippen LogP contribution is 2.37. The fourth-order valence-corrected chi connectivity index (χ4v) is 4.62. The first-order valence-corrected chi connectivity index (χ1v) is 12.3. The Morgan fingerprint density at radius 2 is 1.44 bits per heavy atom. The summed E-state index contributed by atoms with van der Waals surface area (Å²) in [6.45, 7) is 21.5. The maximum Gasteiger partial charge on any atom is 0.138 e. The Bertz CT molecular complexity index is 486. The monoisotopic (exact) mass is 417 g/mol. The molecule has 160 valence electrons. The second-order valence-electron chi connectivity index (χ2n) is 10.7. The van der Waals surface area contributed by atoms with E-state index >= 15 is 0 Å². The van der Waals surface area contributed by atoms with Gasteiger partial charge in [0.25, 0.3) is 0 Å². The Hall–Kier alpha value is -0.0000000000000000555. The summed E-state index contributed by atoms with van der Waals surface area (Å²) in [4.78, 5) is 12.1. The van der Waals surface area contributed by atoms with E-state index in [1.165, 1.54) is 0 Å². The second kappa shape index (κ2) is 10.7. The van der Waals surface area contributed by atoms with Crippen LogP contribution in [0.4, 0.5) is 0 Å². The van der Waals surface area contributed by atoms with Gasteiger partial charge in [-0.3, -0.25) is 4.79 Å². The average molecular weight is 418 g/mol.